The van der Waals surface area contributed by atoms with Crippen LogP contribution < -0.4 is 4.74 Å². The van der Waals surface area contributed by atoms with E-state index in [1.54, 1.807) is 11.8 Å². The summed E-state index contributed by atoms with van der Waals surface area (Å²) in [5.74, 6) is -0.259. The average molecular weight is 567 g/mol. The van der Waals surface area contributed by atoms with Crippen LogP contribution in [0.15, 0.2) is 34.2 Å². The van der Waals surface area contributed by atoms with Crippen molar-refractivity contribution in [2.45, 2.75) is 86.8 Å². The Kier molecular flexibility index (Phi) is 9.33. The molecule has 0 spiro atoms. The Labute approximate surface area is 231 Å². The van der Waals surface area contributed by atoms with E-state index in [1.165, 1.54) is 28.1 Å². The molecule has 1 aliphatic heterocycles. The molecule has 0 saturated carbocycles. The molecule has 0 unspecified atom stereocenters. The van der Waals surface area contributed by atoms with Gasteiger partial charge in [0.1, 0.15) is 11.4 Å². The molecule has 1 aromatic heterocycles. The quantitative estimate of drug-likeness (QED) is 0.410. The molecule has 0 radical (unpaired) electrons. The van der Waals surface area contributed by atoms with Gasteiger partial charge in [-0.25, -0.2) is 13.2 Å². The minimum atomic E-state index is -3.78. The van der Waals surface area contributed by atoms with Gasteiger partial charge in [-0.2, -0.15) is 4.31 Å². The van der Waals surface area contributed by atoms with Crippen LogP contribution in [0, 0.1) is 0 Å². The molecule has 1 aliphatic rings. The normalized spacial score (nSPS) is 16.1. The number of aliphatic hydroxyl groups is 1. The molecule has 2 aromatic rings. The summed E-state index contributed by atoms with van der Waals surface area (Å²) >= 11 is 1.78. The van der Waals surface area contributed by atoms with E-state index in [0.29, 0.717) is 39.0 Å². The standard InChI is InChI=1S/C28H42N2O6S2/c1-27(2,3)21-17-20(18-22(28(4,5)6)25(21)36-16-8-15-31)37-19-11-13-30(14-12-19)38(34,35)24-10-9-23(26(32)33)29(24)7/h9-10,17-19,31H,8,11-16H2,1-7H3,(H,32,33). The Morgan fingerprint density at radius 2 is 1.61 bits per heavy atom. The Balaban J connectivity index is 1.82. The molecule has 1 aromatic carbocycles. The number of carbonyl (C=O) groups is 1. The van der Waals surface area contributed by atoms with Crippen LogP contribution in [-0.4, -0.2) is 65.0 Å². The lowest BCUT2D eigenvalue weighted by Gasteiger charge is -2.33. The van der Waals surface area contributed by atoms with E-state index in [0.717, 1.165) is 21.8 Å². The van der Waals surface area contributed by atoms with Crippen molar-refractivity contribution in [3.63, 3.8) is 0 Å². The van der Waals surface area contributed by atoms with Gasteiger partial charge in [0, 0.05) is 54.4 Å². The van der Waals surface area contributed by atoms with Crippen LogP contribution in [0.2, 0.25) is 0 Å². The largest absolute Gasteiger partial charge is 0.493 e. The number of hydrogen-bond donors (Lipinski definition) is 2. The van der Waals surface area contributed by atoms with Gasteiger partial charge in [-0.15, -0.1) is 11.8 Å². The predicted molar refractivity (Wildman–Crippen MR) is 151 cm³/mol. The molecule has 2 N–H and O–H groups in total. The number of aliphatic hydroxyl groups excluding tert-OH is 1. The van der Waals surface area contributed by atoms with Crippen molar-refractivity contribution < 1.29 is 28.2 Å². The number of ether oxygens (including phenoxy) is 1. The zero-order valence-electron chi connectivity index (χ0n) is 23.6. The van der Waals surface area contributed by atoms with Gasteiger partial charge in [-0.05, 0) is 47.9 Å². The first kappa shape index (κ1) is 30.5. The van der Waals surface area contributed by atoms with Crippen molar-refractivity contribution >= 4 is 27.8 Å². The van der Waals surface area contributed by atoms with Crippen molar-refractivity contribution in [1.29, 1.82) is 0 Å². The number of carboxylic acid groups (broad SMARTS) is 1. The summed E-state index contributed by atoms with van der Waals surface area (Å²) in [6, 6.07) is 7.10. The maximum atomic E-state index is 13.2. The van der Waals surface area contributed by atoms with Crippen LogP contribution in [0.5, 0.6) is 5.75 Å². The van der Waals surface area contributed by atoms with E-state index in [9.17, 15) is 23.4 Å². The van der Waals surface area contributed by atoms with Gasteiger partial charge >= 0.3 is 5.97 Å². The molecule has 8 nitrogen and oxygen atoms in total. The van der Waals surface area contributed by atoms with Gasteiger partial charge in [0.05, 0.1) is 6.61 Å². The van der Waals surface area contributed by atoms with E-state index in [2.05, 4.69) is 53.7 Å². The van der Waals surface area contributed by atoms with E-state index in [1.807, 2.05) is 0 Å². The monoisotopic (exact) mass is 566 g/mol. The van der Waals surface area contributed by atoms with Crippen LogP contribution in [0.25, 0.3) is 0 Å². The van der Waals surface area contributed by atoms with E-state index < -0.39 is 16.0 Å². The fourth-order valence-electron chi connectivity index (χ4n) is 4.66. The molecule has 38 heavy (non-hydrogen) atoms. The molecule has 0 atom stereocenters. The topological polar surface area (TPSA) is 109 Å². The summed E-state index contributed by atoms with van der Waals surface area (Å²) in [4.78, 5) is 12.5. The second-order valence-electron chi connectivity index (χ2n) is 11.9. The van der Waals surface area contributed by atoms with Crippen molar-refractivity contribution in [1.82, 2.24) is 8.87 Å². The number of nitrogens with zero attached hydrogens (tertiary/aromatic N) is 2. The highest BCUT2D eigenvalue weighted by Crippen LogP contribution is 2.44. The molecular formula is C28H42N2O6S2. The lowest BCUT2D eigenvalue weighted by Crippen LogP contribution is -2.40. The highest BCUT2D eigenvalue weighted by Gasteiger charge is 2.33. The number of thioether (sulfide) groups is 1. The molecule has 1 saturated heterocycles. The lowest BCUT2D eigenvalue weighted by molar-refractivity contribution is 0.0685. The summed E-state index contributed by atoms with van der Waals surface area (Å²) in [7, 11) is -2.31. The second kappa shape index (κ2) is 11.6. The lowest BCUT2D eigenvalue weighted by atomic mass is 9.79. The maximum absolute atomic E-state index is 13.2. The fraction of sp³-hybridized carbons (Fsp3) is 0.607. The van der Waals surface area contributed by atoms with Crippen molar-refractivity contribution in [2.75, 3.05) is 26.3 Å². The minimum absolute atomic E-state index is 0.00225. The van der Waals surface area contributed by atoms with Crippen LogP contribution in [0.1, 0.15) is 82.4 Å². The first-order valence-electron chi connectivity index (χ1n) is 13.1. The van der Waals surface area contributed by atoms with Crippen LogP contribution >= 0.6 is 11.8 Å². The average Bonchev–Trinajstić information content (AvgIpc) is 3.21. The SMILES string of the molecule is Cn1c(C(=O)O)ccc1S(=O)(=O)N1CCC(Sc2cc(C(C)(C)C)c(OCCCO)c(C(C)(C)C)c2)CC1. The third-order valence-corrected chi connectivity index (χ3v) is 10.1. The third kappa shape index (κ3) is 6.76. The molecule has 3 rings (SSSR count). The van der Waals surface area contributed by atoms with Crippen molar-refractivity contribution in [3.8, 4) is 5.75 Å². The Bertz CT molecular complexity index is 1210. The predicted octanol–water partition coefficient (Wildman–Crippen LogP) is 5.02. The molecule has 10 heteroatoms. The first-order chi connectivity index (χ1) is 17.6. The summed E-state index contributed by atoms with van der Waals surface area (Å²) in [5, 5.41) is 18.8. The molecule has 212 valence electrons. The zero-order chi connectivity index (χ0) is 28.5. The van der Waals surface area contributed by atoms with Crippen molar-refractivity contribution in [3.05, 3.63) is 41.1 Å². The number of hydrogen-bond acceptors (Lipinski definition) is 6. The summed E-state index contributed by atoms with van der Waals surface area (Å²) in [5.41, 5.74) is 1.91. The Morgan fingerprint density at radius 3 is 2.05 bits per heavy atom. The molecule has 0 bridgehead atoms. The summed E-state index contributed by atoms with van der Waals surface area (Å²) in [6.45, 7) is 14.3. The Morgan fingerprint density at radius 1 is 1.05 bits per heavy atom. The zero-order valence-corrected chi connectivity index (χ0v) is 25.2. The Hall–Kier alpha value is -2.01. The molecular weight excluding hydrogens is 524 g/mol. The minimum Gasteiger partial charge on any atom is -0.493 e. The number of rotatable bonds is 9. The van der Waals surface area contributed by atoms with Gasteiger partial charge < -0.3 is 19.5 Å². The van der Waals surface area contributed by atoms with Crippen molar-refractivity contribution in [2.24, 2.45) is 7.05 Å². The summed E-state index contributed by atoms with van der Waals surface area (Å²) < 4.78 is 35.4. The first-order valence-corrected chi connectivity index (χ1v) is 15.4. The van der Waals surface area contributed by atoms with Crippen LogP contribution in [0.4, 0.5) is 0 Å². The van der Waals surface area contributed by atoms with E-state index in [4.69, 9.17) is 4.74 Å². The second-order valence-corrected chi connectivity index (χ2v) is 15.2. The van der Waals surface area contributed by atoms with Gasteiger partial charge in [-0.3, -0.25) is 0 Å². The highest BCUT2D eigenvalue weighted by molar-refractivity contribution is 8.00. The highest BCUT2D eigenvalue weighted by atomic mass is 32.2. The third-order valence-electron chi connectivity index (χ3n) is 6.83. The van der Waals surface area contributed by atoms with Crippen LogP contribution in [-0.2, 0) is 27.9 Å². The van der Waals surface area contributed by atoms with Gasteiger partial charge in [-0.1, -0.05) is 41.5 Å². The number of piperidine rings is 1. The fourth-order valence-corrected chi connectivity index (χ4v) is 7.50. The van der Waals surface area contributed by atoms with Gasteiger partial charge in [0.2, 0.25) is 0 Å². The molecule has 0 amide bonds. The number of carboxylic acids is 1. The molecule has 1 fully saturated rings. The summed E-state index contributed by atoms with van der Waals surface area (Å²) in [6.07, 6.45) is 1.97. The maximum Gasteiger partial charge on any atom is 0.352 e. The molecule has 2 heterocycles. The molecule has 0 aliphatic carbocycles. The smallest absolute Gasteiger partial charge is 0.352 e. The van der Waals surface area contributed by atoms with Gasteiger partial charge in [0.15, 0.2) is 5.03 Å². The number of benzene rings is 1. The van der Waals surface area contributed by atoms with E-state index in [-0.39, 0.29) is 33.4 Å². The number of aromatic carboxylic acids is 1. The van der Waals surface area contributed by atoms with Crippen LogP contribution in [0.3, 0.4) is 0 Å². The number of sulfonamides is 1. The van der Waals surface area contributed by atoms with E-state index >= 15 is 0 Å². The number of aromatic nitrogens is 1. The van der Waals surface area contributed by atoms with Gasteiger partial charge in [0.25, 0.3) is 10.0 Å².